The van der Waals surface area contributed by atoms with E-state index < -0.39 is 6.04 Å². The highest BCUT2D eigenvalue weighted by molar-refractivity contribution is 7.09. The highest BCUT2D eigenvalue weighted by Gasteiger charge is 2.32. The Labute approximate surface area is 224 Å². The first kappa shape index (κ1) is 24.7. The minimum absolute atomic E-state index is 0.0516. The van der Waals surface area contributed by atoms with Crippen molar-refractivity contribution in [3.8, 4) is 0 Å². The molecule has 2 atom stereocenters. The van der Waals surface area contributed by atoms with E-state index in [1.807, 2.05) is 30.3 Å². The number of nitrogens with one attached hydrogen (secondary N) is 1. The largest absolute Gasteiger partial charge is 0.468 e. The van der Waals surface area contributed by atoms with Gasteiger partial charge in [0, 0.05) is 29.1 Å². The molecule has 1 fully saturated rings. The molecule has 1 aliphatic heterocycles. The van der Waals surface area contributed by atoms with E-state index in [1.54, 1.807) is 22.3 Å². The zero-order valence-electron chi connectivity index (χ0n) is 21.2. The van der Waals surface area contributed by atoms with E-state index in [0.29, 0.717) is 31.0 Å². The van der Waals surface area contributed by atoms with Crippen LogP contribution in [-0.4, -0.2) is 42.8 Å². The van der Waals surface area contributed by atoms with Gasteiger partial charge < -0.3 is 14.1 Å². The molecule has 10 heteroatoms. The lowest BCUT2D eigenvalue weighted by atomic mass is 10.0. The van der Waals surface area contributed by atoms with E-state index in [1.165, 1.54) is 10.4 Å². The smallest absolute Gasteiger partial charge is 0.253 e. The maximum atomic E-state index is 13.7. The molecule has 1 N–H and O–H groups in total. The van der Waals surface area contributed by atoms with Crippen LogP contribution in [-0.2, 0) is 30.8 Å². The minimum Gasteiger partial charge on any atom is -0.468 e. The Kier molecular flexibility index (Phi) is 7.17. The molecule has 0 amide bonds. The second-order valence-electron chi connectivity index (χ2n) is 9.65. The molecule has 0 spiro atoms. The molecule has 0 radical (unpaired) electrons. The van der Waals surface area contributed by atoms with E-state index in [-0.39, 0.29) is 11.7 Å². The third-order valence-electron chi connectivity index (χ3n) is 7.09. The molecule has 0 saturated carbocycles. The van der Waals surface area contributed by atoms with Gasteiger partial charge in [-0.25, -0.2) is 4.68 Å². The Morgan fingerprint density at radius 3 is 2.92 bits per heavy atom. The monoisotopic (exact) mass is 530 g/mol. The molecule has 2 unspecified atom stereocenters. The van der Waals surface area contributed by atoms with Gasteiger partial charge in [0.1, 0.15) is 11.8 Å². The van der Waals surface area contributed by atoms with Crippen LogP contribution in [0.2, 0.25) is 0 Å². The predicted molar refractivity (Wildman–Crippen MR) is 145 cm³/mol. The van der Waals surface area contributed by atoms with E-state index in [4.69, 9.17) is 9.15 Å². The summed E-state index contributed by atoms with van der Waals surface area (Å²) in [5, 5.41) is 15.9. The summed E-state index contributed by atoms with van der Waals surface area (Å²) < 4.78 is 13.4. The van der Waals surface area contributed by atoms with Gasteiger partial charge in [0.2, 0.25) is 0 Å². The Morgan fingerprint density at radius 2 is 2.16 bits per heavy atom. The fourth-order valence-corrected chi connectivity index (χ4v) is 5.89. The normalized spacial score (nSPS) is 16.5. The molecule has 4 aromatic heterocycles. The Balaban J connectivity index is 1.50. The van der Waals surface area contributed by atoms with Gasteiger partial charge in [-0.15, -0.1) is 16.4 Å². The van der Waals surface area contributed by atoms with Crippen molar-refractivity contribution in [2.45, 2.75) is 58.0 Å². The molecule has 196 valence electrons. The number of benzene rings is 1. The fourth-order valence-electron chi connectivity index (χ4n) is 5.16. The van der Waals surface area contributed by atoms with Crippen LogP contribution in [0.15, 0.2) is 69.4 Å². The number of nitrogens with zero attached hydrogens (tertiary/aromatic N) is 5. The number of ether oxygens (including phenoxy) is 1. The summed E-state index contributed by atoms with van der Waals surface area (Å²) in [6.45, 7) is 4.50. The van der Waals surface area contributed by atoms with Crippen LogP contribution < -0.4 is 5.56 Å². The van der Waals surface area contributed by atoms with Crippen molar-refractivity contribution in [3.63, 3.8) is 0 Å². The second-order valence-corrected chi connectivity index (χ2v) is 10.7. The van der Waals surface area contributed by atoms with Crippen LogP contribution in [0.4, 0.5) is 0 Å². The van der Waals surface area contributed by atoms with Crippen LogP contribution in [0, 0.1) is 0 Å². The minimum atomic E-state index is -0.517. The number of thiophene rings is 1. The van der Waals surface area contributed by atoms with Crippen molar-refractivity contribution in [1.29, 1.82) is 0 Å². The van der Waals surface area contributed by atoms with Crippen molar-refractivity contribution < 1.29 is 9.15 Å². The van der Waals surface area contributed by atoms with Gasteiger partial charge in [0.25, 0.3) is 5.56 Å². The Morgan fingerprint density at radius 1 is 1.21 bits per heavy atom. The number of furan rings is 1. The summed E-state index contributed by atoms with van der Waals surface area (Å²) in [6.07, 6.45) is 4.63. The van der Waals surface area contributed by atoms with Gasteiger partial charge in [0.15, 0.2) is 5.82 Å². The number of tetrazole rings is 1. The van der Waals surface area contributed by atoms with Gasteiger partial charge in [-0.2, -0.15) is 0 Å². The molecular weight excluding hydrogens is 500 g/mol. The summed E-state index contributed by atoms with van der Waals surface area (Å²) in [4.78, 5) is 20.2. The highest BCUT2D eigenvalue weighted by Crippen LogP contribution is 2.31. The van der Waals surface area contributed by atoms with Gasteiger partial charge in [-0.1, -0.05) is 19.1 Å². The number of pyridine rings is 1. The van der Waals surface area contributed by atoms with Crippen molar-refractivity contribution in [1.82, 2.24) is 30.1 Å². The maximum Gasteiger partial charge on any atom is 0.253 e. The summed E-state index contributed by atoms with van der Waals surface area (Å²) >= 11 is 1.68. The first-order valence-electron chi connectivity index (χ1n) is 13.0. The average molecular weight is 531 g/mol. The van der Waals surface area contributed by atoms with E-state index >= 15 is 0 Å². The lowest BCUT2D eigenvalue weighted by Gasteiger charge is -2.30. The number of hydrogen-bond acceptors (Lipinski definition) is 8. The molecule has 5 heterocycles. The predicted octanol–water partition coefficient (Wildman–Crippen LogP) is 4.70. The average Bonchev–Trinajstić information content (AvgIpc) is 3.74. The maximum absolute atomic E-state index is 13.7. The molecule has 38 heavy (non-hydrogen) atoms. The van der Waals surface area contributed by atoms with Crippen molar-refractivity contribution in [2.75, 3.05) is 6.61 Å². The molecule has 5 aromatic rings. The number of rotatable bonds is 10. The van der Waals surface area contributed by atoms with Crippen molar-refractivity contribution in [3.05, 3.63) is 98.1 Å². The number of H-pyrrole nitrogens is 1. The van der Waals surface area contributed by atoms with Gasteiger partial charge >= 0.3 is 0 Å². The molecule has 1 aromatic carbocycles. The molecule has 9 nitrogen and oxygen atoms in total. The number of fused-ring (bicyclic) bond motifs is 1. The summed E-state index contributed by atoms with van der Waals surface area (Å²) in [5.41, 5.74) is 2.46. The topological polar surface area (TPSA) is 102 Å². The first-order chi connectivity index (χ1) is 18.7. The first-order valence-corrected chi connectivity index (χ1v) is 13.9. The SMILES string of the molecule is CCc1ccc2[nH]c(=O)c(C(c3nnnn3CC3CCCO3)N(Cc3ccco3)Cc3cccs3)cc2c1. The zero-order valence-corrected chi connectivity index (χ0v) is 22.1. The van der Waals surface area contributed by atoms with Gasteiger partial charge in [0.05, 0.1) is 25.5 Å². The number of aromatic nitrogens is 5. The molecular formula is C28H30N6O3S. The van der Waals surface area contributed by atoms with Crippen molar-refractivity contribution >= 4 is 22.2 Å². The zero-order chi connectivity index (χ0) is 25.9. The molecule has 6 rings (SSSR count). The summed E-state index contributed by atoms with van der Waals surface area (Å²) in [5.74, 6) is 1.41. The van der Waals surface area contributed by atoms with Crippen LogP contribution >= 0.6 is 11.3 Å². The third kappa shape index (κ3) is 5.20. The van der Waals surface area contributed by atoms with Crippen LogP contribution in [0.25, 0.3) is 10.9 Å². The van der Waals surface area contributed by atoms with E-state index in [0.717, 1.165) is 42.5 Å². The van der Waals surface area contributed by atoms with Crippen LogP contribution in [0.1, 0.15) is 53.4 Å². The molecule has 0 bridgehead atoms. The van der Waals surface area contributed by atoms with Gasteiger partial charge in [-0.05, 0) is 82.4 Å². The van der Waals surface area contributed by atoms with E-state index in [2.05, 4.69) is 55.9 Å². The van der Waals surface area contributed by atoms with Crippen LogP contribution in [0.3, 0.4) is 0 Å². The standard InChI is InChI=1S/C28H30N6O3S/c1-2-19-9-10-25-20(14-19)15-24(28(35)29-25)26(27-30-31-32-34(27)17-22-7-4-12-37-22)33(16-21-6-3-11-36-21)18-23-8-5-13-38-23/h3,5-6,8-11,13-15,22,26H,2,4,7,12,16-18H2,1H3,(H,29,35). The second kappa shape index (κ2) is 11.0. The number of aromatic amines is 1. The lowest BCUT2D eigenvalue weighted by Crippen LogP contribution is -2.35. The highest BCUT2D eigenvalue weighted by atomic mass is 32.1. The third-order valence-corrected chi connectivity index (χ3v) is 7.95. The van der Waals surface area contributed by atoms with E-state index in [9.17, 15) is 4.79 Å². The molecule has 1 aliphatic rings. The lowest BCUT2D eigenvalue weighted by molar-refractivity contribution is 0.0901. The fraction of sp³-hybridized carbons (Fsp3) is 0.357. The Hall–Kier alpha value is -3.60. The van der Waals surface area contributed by atoms with Gasteiger partial charge in [-0.3, -0.25) is 9.69 Å². The van der Waals surface area contributed by atoms with Crippen LogP contribution in [0.5, 0.6) is 0 Å². The number of hydrogen-bond donors (Lipinski definition) is 1. The number of aryl methyl sites for hydroxylation is 1. The summed E-state index contributed by atoms with van der Waals surface area (Å²) in [6, 6.07) is 15.6. The van der Waals surface area contributed by atoms with Crippen molar-refractivity contribution in [2.24, 2.45) is 0 Å². The summed E-state index contributed by atoms with van der Waals surface area (Å²) in [7, 11) is 0. The Bertz CT molecular complexity index is 1500. The molecule has 0 aliphatic carbocycles. The molecule has 1 saturated heterocycles. The quantitative estimate of drug-likeness (QED) is 0.279.